The Kier molecular flexibility index (Phi) is 3.06. The van der Waals surface area contributed by atoms with Crippen LogP contribution in [0.5, 0.6) is 0 Å². The Labute approximate surface area is 111 Å². The summed E-state index contributed by atoms with van der Waals surface area (Å²) in [5.74, 6) is 0.680. The van der Waals surface area contributed by atoms with Crippen molar-refractivity contribution in [3.8, 4) is 5.82 Å². The summed E-state index contributed by atoms with van der Waals surface area (Å²) in [4.78, 5) is 4.39. The zero-order valence-electron chi connectivity index (χ0n) is 10.2. The molecule has 0 bridgehead atoms. The lowest BCUT2D eigenvalue weighted by Gasteiger charge is -2.07. The summed E-state index contributed by atoms with van der Waals surface area (Å²) in [6.07, 6.45) is 6.29. The fourth-order valence-corrected chi connectivity index (χ4v) is 2.09. The second-order valence-electron chi connectivity index (χ2n) is 4.71. The molecule has 0 unspecified atom stereocenters. The van der Waals surface area contributed by atoms with Gasteiger partial charge in [-0.2, -0.15) is 5.10 Å². The molecule has 18 heavy (non-hydrogen) atoms. The largest absolute Gasteiger partial charge is 0.310 e. The highest BCUT2D eigenvalue weighted by atomic mass is 35.5. The highest BCUT2D eigenvalue weighted by Crippen LogP contribution is 2.21. The average Bonchev–Trinajstić information content (AvgIpc) is 3.09. The molecule has 3 rings (SSSR count). The van der Waals surface area contributed by atoms with Crippen molar-refractivity contribution in [2.45, 2.75) is 32.4 Å². The quantitative estimate of drug-likeness (QED) is 0.921. The van der Waals surface area contributed by atoms with Gasteiger partial charge >= 0.3 is 0 Å². The number of hydrogen-bond acceptors (Lipinski definition) is 3. The molecule has 0 aliphatic heterocycles. The van der Waals surface area contributed by atoms with Crippen LogP contribution in [0.25, 0.3) is 5.82 Å². The van der Waals surface area contributed by atoms with Crippen LogP contribution in [0.2, 0.25) is 5.02 Å². The van der Waals surface area contributed by atoms with Crippen molar-refractivity contribution in [1.29, 1.82) is 0 Å². The minimum atomic E-state index is 0.633. The van der Waals surface area contributed by atoms with Crippen LogP contribution >= 0.6 is 11.6 Å². The average molecular weight is 263 g/mol. The van der Waals surface area contributed by atoms with E-state index in [-0.39, 0.29) is 0 Å². The number of rotatable bonds is 4. The number of nitrogens with one attached hydrogen (secondary N) is 1. The van der Waals surface area contributed by atoms with Crippen molar-refractivity contribution in [1.82, 2.24) is 20.1 Å². The van der Waals surface area contributed by atoms with Gasteiger partial charge in [0.25, 0.3) is 0 Å². The number of hydrogen-bond donors (Lipinski definition) is 1. The molecule has 1 aliphatic rings. The molecule has 1 N–H and O–H groups in total. The summed E-state index contributed by atoms with van der Waals surface area (Å²) in [6.45, 7) is 2.77. The van der Waals surface area contributed by atoms with Crippen molar-refractivity contribution in [3.05, 3.63) is 40.8 Å². The van der Waals surface area contributed by atoms with Crippen molar-refractivity contribution in [3.63, 3.8) is 0 Å². The molecule has 5 heteroatoms. The van der Waals surface area contributed by atoms with Gasteiger partial charge in [0, 0.05) is 25.0 Å². The molecule has 0 amide bonds. The van der Waals surface area contributed by atoms with Gasteiger partial charge in [0.1, 0.15) is 0 Å². The van der Waals surface area contributed by atoms with E-state index in [0.717, 1.165) is 17.8 Å². The third kappa shape index (κ3) is 2.54. The van der Waals surface area contributed by atoms with Crippen molar-refractivity contribution < 1.29 is 0 Å². The molecule has 1 aliphatic carbocycles. The number of aromatic nitrogens is 3. The van der Waals surface area contributed by atoms with Gasteiger partial charge in [-0.25, -0.2) is 9.67 Å². The van der Waals surface area contributed by atoms with E-state index in [0.29, 0.717) is 16.9 Å². The molecule has 4 nitrogen and oxygen atoms in total. The van der Waals surface area contributed by atoms with E-state index < -0.39 is 0 Å². The highest BCUT2D eigenvalue weighted by Gasteiger charge is 2.20. The van der Waals surface area contributed by atoms with E-state index in [1.165, 1.54) is 12.8 Å². The Hall–Kier alpha value is -1.39. The predicted octanol–water partition coefficient (Wildman–Crippen LogP) is 2.48. The van der Waals surface area contributed by atoms with Crippen LogP contribution < -0.4 is 5.32 Å². The number of halogens is 1. The first-order valence-corrected chi connectivity index (χ1v) is 6.50. The molecule has 2 aromatic rings. The zero-order chi connectivity index (χ0) is 12.5. The first kappa shape index (κ1) is 11.7. The third-order valence-corrected chi connectivity index (χ3v) is 3.27. The van der Waals surface area contributed by atoms with Crippen LogP contribution in [-0.4, -0.2) is 20.8 Å². The standard InChI is InChI=1S/C13H15ClN4/c1-9-4-5-18(17-9)13-12(14)6-10(8-16-13)7-15-11-2-3-11/h4-6,8,11,15H,2-3,7H2,1H3. The lowest BCUT2D eigenvalue weighted by molar-refractivity contribution is 0.685. The Bertz CT molecular complexity index is 560. The molecule has 0 atom stereocenters. The van der Waals surface area contributed by atoms with Gasteiger partial charge in [0.15, 0.2) is 5.82 Å². The fourth-order valence-electron chi connectivity index (χ4n) is 1.82. The molecule has 0 aromatic carbocycles. The van der Waals surface area contributed by atoms with Crippen molar-refractivity contribution in [2.24, 2.45) is 0 Å². The topological polar surface area (TPSA) is 42.7 Å². The molecule has 0 spiro atoms. The maximum Gasteiger partial charge on any atom is 0.172 e. The summed E-state index contributed by atoms with van der Waals surface area (Å²) in [5.41, 5.74) is 2.06. The van der Waals surface area contributed by atoms with Crippen molar-refractivity contribution >= 4 is 11.6 Å². The van der Waals surface area contributed by atoms with Gasteiger partial charge in [0.05, 0.1) is 10.7 Å². The number of aryl methyl sites for hydroxylation is 1. The van der Waals surface area contributed by atoms with Crippen LogP contribution in [0.3, 0.4) is 0 Å². The normalized spacial score (nSPS) is 15.0. The molecule has 0 saturated heterocycles. The van der Waals surface area contributed by atoms with Crippen LogP contribution in [0.15, 0.2) is 24.5 Å². The van der Waals surface area contributed by atoms with E-state index in [4.69, 9.17) is 11.6 Å². The zero-order valence-corrected chi connectivity index (χ0v) is 11.0. The number of nitrogens with zero attached hydrogens (tertiary/aromatic N) is 3. The summed E-state index contributed by atoms with van der Waals surface area (Å²) in [5, 5.41) is 8.38. The minimum absolute atomic E-state index is 0.633. The highest BCUT2D eigenvalue weighted by molar-refractivity contribution is 6.32. The Balaban J connectivity index is 1.79. The smallest absolute Gasteiger partial charge is 0.172 e. The van der Waals surface area contributed by atoms with E-state index in [9.17, 15) is 0 Å². The van der Waals surface area contributed by atoms with Gasteiger partial charge in [0.2, 0.25) is 0 Å². The molecular formula is C13H15ClN4. The SMILES string of the molecule is Cc1ccn(-c2ncc(CNC3CC3)cc2Cl)n1. The molecule has 94 valence electrons. The third-order valence-electron chi connectivity index (χ3n) is 2.99. The van der Waals surface area contributed by atoms with Gasteiger partial charge < -0.3 is 5.32 Å². The summed E-state index contributed by atoms with van der Waals surface area (Å²) < 4.78 is 1.70. The van der Waals surface area contributed by atoms with Crippen LogP contribution in [-0.2, 0) is 6.54 Å². The maximum absolute atomic E-state index is 6.25. The predicted molar refractivity (Wildman–Crippen MR) is 71.0 cm³/mol. The molecule has 1 fully saturated rings. The Morgan fingerprint density at radius 3 is 2.94 bits per heavy atom. The van der Waals surface area contributed by atoms with Crippen molar-refractivity contribution in [2.75, 3.05) is 0 Å². The summed E-state index contributed by atoms with van der Waals surface area (Å²) in [6, 6.07) is 4.58. The lowest BCUT2D eigenvalue weighted by Crippen LogP contribution is -2.15. The van der Waals surface area contributed by atoms with Gasteiger partial charge in [-0.15, -0.1) is 0 Å². The Morgan fingerprint density at radius 1 is 1.50 bits per heavy atom. The molecule has 2 aromatic heterocycles. The second-order valence-corrected chi connectivity index (χ2v) is 5.11. The lowest BCUT2D eigenvalue weighted by atomic mass is 10.3. The number of pyridine rings is 1. The Morgan fingerprint density at radius 2 is 2.33 bits per heavy atom. The van der Waals surface area contributed by atoms with E-state index >= 15 is 0 Å². The molecular weight excluding hydrogens is 248 g/mol. The first-order chi connectivity index (χ1) is 8.72. The maximum atomic E-state index is 6.25. The second kappa shape index (κ2) is 4.71. The van der Waals surface area contributed by atoms with Crippen LogP contribution in [0.1, 0.15) is 24.1 Å². The van der Waals surface area contributed by atoms with Gasteiger partial charge in [-0.1, -0.05) is 11.6 Å². The first-order valence-electron chi connectivity index (χ1n) is 6.13. The van der Waals surface area contributed by atoms with E-state index in [1.54, 1.807) is 4.68 Å². The monoisotopic (exact) mass is 262 g/mol. The van der Waals surface area contributed by atoms with Crippen LogP contribution in [0, 0.1) is 6.92 Å². The van der Waals surface area contributed by atoms with E-state index in [1.807, 2.05) is 31.5 Å². The van der Waals surface area contributed by atoms with Crippen LogP contribution in [0.4, 0.5) is 0 Å². The van der Waals surface area contributed by atoms with Gasteiger partial charge in [-0.3, -0.25) is 0 Å². The minimum Gasteiger partial charge on any atom is -0.310 e. The summed E-state index contributed by atoms with van der Waals surface area (Å²) in [7, 11) is 0. The summed E-state index contributed by atoms with van der Waals surface area (Å²) >= 11 is 6.25. The van der Waals surface area contributed by atoms with Gasteiger partial charge in [-0.05, 0) is 37.5 Å². The molecule has 2 heterocycles. The fraction of sp³-hybridized carbons (Fsp3) is 0.385. The van der Waals surface area contributed by atoms with E-state index in [2.05, 4.69) is 15.4 Å². The molecule has 1 saturated carbocycles. The molecule has 0 radical (unpaired) electrons.